The highest BCUT2D eigenvalue weighted by atomic mass is 16.3. The van der Waals surface area contributed by atoms with Crippen molar-refractivity contribution < 1.29 is 13.3 Å². The smallest absolute Gasteiger partial charge is 0.137 e. The van der Waals surface area contributed by atoms with Crippen molar-refractivity contribution in [3.8, 4) is 40.5 Å². The number of benzene rings is 10. The normalized spacial score (nSPS) is 12.2. The number of aromatic nitrogens is 4. The van der Waals surface area contributed by atoms with Crippen molar-refractivity contribution in [3.05, 3.63) is 218 Å². The van der Waals surface area contributed by atoms with Crippen molar-refractivity contribution in [2.75, 3.05) is 0 Å². The maximum absolute atomic E-state index is 12.8. The predicted molar refractivity (Wildman–Crippen MR) is 304 cm³/mol. The fourth-order valence-corrected chi connectivity index (χ4v) is 12.8. The molecule has 0 saturated carbocycles. The molecule has 0 fully saturated rings. The van der Waals surface area contributed by atoms with Crippen LogP contribution in [-0.4, -0.2) is 18.7 Å². The fraction of sp³-hybridized carbons (Fsp3) is 0. The van der Waals surface area contributed by atoms with E-state index < -0.39 is 0 Å². The molecule has 9 nitrogen and oxygen atoms in total. The van der Waals surface area contributed by atoms with Crippen LogP contribution >= 0.6 is 0 Å². The molecule has 350 valence electrons. The van der Waals surface area contributed by atoms with Gasteiger partial charge in [0.2, 0.25) is 0 Å². The average Bonchev–Trinajstić information content (AvgIpc) is 4.44. The van der Waals surface area contributed by atoms with Crippen LogP contribution in [0.5, 0.6) is 0 Å². The summed E-state index contributed by atoms with van der Waals surface area (Å²) in [5, 5.41) is 36.7. The van der Waals surface area contributed by atoms with Crippen molar-refractivity contribution in [2.24, 2.45) is 0 Å². The molecule has 76 heavy (non-hydrogen) atoms. The Balaban J connectivity index is 1.21. The molecule has 0 bridgehead atoms. The van der Waals surface area contributed by atoms with Crippen LogP contribution in [0.1, 0.15) is 11.1 Å². The van der Waals surface area contributed by atoms with Crippen molar-refractivity contribution >= 4 is 131 Å². The minimum Gasteiger partial charge on any atom is -0.456 e. The topological polar surface area (TPSA) is 115 Å². The van der Waals surface area contributed by atoms with Gasteiger partial charge in [-0.05, 0) is 84.9 Å². The first kappa shape index (κ1) is 40.7. The maximum atomic E-state index is 12.8. The van der Waals surface area contributed by atoms with Crippen LogP contribution in [0.25, 0.3) is 160 Å². The summed E-state index contributed by atoms with van der Waals surface area (Å²) >= 11 is 0. The average molecular weight is 971 g/mol. The Labute approximate surface area is 429 Å². The lowest BCUT2D eigenvalue weighted by Gasteiger charge is -2.26. The quantitative estimate of drug-likeness (QED) is 0.173. The molecule has 0 saturated heterocycles. The fourth-order valence-electron chi connectivity index (χ4n) is 12.8. The van der Waals surface area contributed by atoms with Crippen molar-refractivity contribution in [2.45, 2.75) is 0 Å². The number of para-hydroxylation sites is 6. The molecular formula is C67H34N6O3. The summed E-state index contributed by atoms with van der Waals surface area (Å²) in [4.78, 5) is 5.12. The molecule has 17 aromatic rings. The van der Waals surface area contributed by atoms with Gasteiger partial charge in [-0.15, -0.1) is 0 Å². The number of nitriles is 2. The van der Waals surface area contributed by atoms with Gasteiger partial charge in [0.15, 0.2) is 0 Å². The maximum Gasteiger partial charge on any atom is 0.137 e. The highest BCUT2D eigenvalue weighted by Gasteiger charge is 2.35. The molecule has 0 aliphatic heterocycles. The molecule has 9 heteroatoms. The highest BCUT2D eigenvalue weighted by molar-refractivity contribution is 6.28. The van der Waals surface area contributed by atoms with E-state index in [1.54, 1.807) is 6.20 Å². The van der Waals surface area contributed by atoms with Gasteiger partial charge in [0.1, 0.15) is 51.2 Å². The van der Waals surface area contributed by atoms with E-state index in [1.807, 2.05) is 115 Å². The van der Waals surface area contributed by atoms with Crippen LogP contribution < -0.4 is 0 Å². The third kappa shape index (κ3) is 5.12. The van der Waals surface area contributed by atoms with Crippen LogP contribution in [0.2, 0.25) is 0 Å². The molecular weight excluding hydrogens is 937 g/mol. The van der Waals surface area contributed by atoms with Crippen molar-refractivity contribution in [1.82, 2.24) is 18.7 Å². The van der Waals surface area contributed by atoms with Crippen molar-refractivity contribution in [3.63, 3.8) is 0 Å². The first-order chi connectivity index (χ1) is 37.7. The molecule has 17 rings (SSSR count). The second kappa shape index (κ2) is 14.9. The van der Waals surface area contributed by atoms with Crippen LogP contribution in [0.15, 0.2) is 220 Å². The number of rotatable bonds is 4. The van der Waals surface area contributed by atoms with Gasteiger partial charge in [-0.3, -0.25) is 4.98 Å². The zero-order valence-corrected chi connectivity index (χ0v) is 40.0. The van der Waals surface area contributed by atoms with Crippen LogP contribution in [0, 0.1) is 22.7 Å². The molecule has 7 aromatic heterocycles. The number of fused-ring (bicyclic) bond motifs is 21. The lowest BCUT2D eigenvalue weighted by Crippen LogP contribution is -2.14. The first-order valence-electron chi connectivity index (χ1n) is 25.2. The summed E-state index contributed by atoms with van der Waals surface area (Å²) in [5.41, 5.74) is 12.6. The van der Waals surface area contributed by atoms with Gasteiger partial charge >= 0.3 is 0 Å². The van der Waals surface area contributed by atoms with E-state index >= 15 is 0 Å². The van der Waals surface area contributed by atoms with Crippen molar-refractivity contribution in [1.29, 1.82) is 10.5 Å². The van der Waals surface area contributed by atoms with E-state index in [9.17, 15) is 10.5 Å². The Hall–Kier alpha value is -10.9. The molecule has 0 unspecified atom stereocenters. The zero-order valence-electron chi connectivity index (χ0n) is 40.0. The van der Waals surface area contributed by atoms with E-state index in [-0.39, 0.29) is 0 Å². The Morgan fingerprint density at radius 1 is 0.316 bits per heavy atom. The van der Waals surface area contributed by atoms with E-state index in [2.05, 4.69) is 111 Å². The number of nitrogens with zero attached hydrogens (tertiary/aromatic N) is 6. The van der Waals surface area contributed by atoms with E-state index in [1.165, 1.54) is 0 Å². The molecule has 0 amide bonds. The van der Waals surface area contributed by atoms with E-state index in [0.717, 1.165) is 114 Å². The summed E-state index contributed by atoms with van der Waals surface area (Å²) in [6, 6.07) is 73.3. The highest BCUT2D eigenvalue weighted by Crippen LogP contribution is 2.52. The Bertz CT molecular complexity index is 5510. The SMILES string of the molecule is N#Cc1c(-c2ccccn2)c(-n2c3ccccc3c3ccc4oc5ccccc5c4c32)c(C#N)c(-n2c3ccccc3c3ccc4oc5ccccc5c4c32)c1-n1c2ccccc2c2ccc3oc4ccccc4c3c21. The monoisotopic (exact) mass is 970 g/mol. The van der Waals surface area contributed by atoms with Gasteiger partial charge in [0.05, 0.1) is 77.6 Å². The first-order valence-corrected chi connectivity index (χ1v) is 25.2. The molecule has 0 aliphatic carbocycles. The molecule has 0 spiro atoms. The summed E-state index contributed by atoms with van der Waals surface area (Å²) in [7, 11) is 0. The minimum atomic E-state index is 0.320. The Morgan fingerprint density at radius 3 is 1.07 bits per heavy atom. The second-order valence-corrected chi connectivity index (χ2v) is 19.5. The summed E-state index contributed by atoms with van der Waals surface area (Å²) in [6.45, 7) is 0. The minimum absolute atomic E-state index is 0.320. The third-order valence-corrected chi connectivity index (χ3v) is 15.8. The van der Waals surface area contributed by atoms with Gasteiger partial charge in [-0.25, -0.2) is 0 Å². The van der Waals surface area contributed by atoms with E-state index in [0.29, 0.717) is 56.2 Å². The van der Waals surface area contributed by atoms with Crippen LogP contribution in [0.4, 0.5) is 0 Å². The molecule has 10 aromatic carbocycles. The van der Waals surface area contributed by atoms with Gasteiger partial charge < -0.3 is 27.0 Å². The third-order valence-electron chi connectivity index (χ3n) is 15.8. The van der Waals surface area contributed by atoms with Gasteiger partial charge in [0.25, 0.3) is 0 Å². The lowest BCUT2D eigenvalue weighted by atomic mass is 9.93. The molecule has 0 radical (unpaired) electrons. The zero-order chi connectivity index (χ0) is 49.9. The van der Waals surface area contributed by atoms with Gasteiger partial charge in [-0.1, -0.05) is 115 Å². The summed E-state index contributed by atoms with van der Waals surface area (Å²) < 4.78 is 26.7. The molecule has 7 heterocycles. The van der Waals surface area contributed by atoms with Gasteiger partial charge in [-0.2, -0.15) is 10.5 Å². The Morgan fingerprint density at radius 2 is 0.671 bits per heavy atom. The number of hydrogen-bond donors (Lipinski definition) is 0. The molecule has 0 N–H and O–H groups in total. The second-order valence-electron chi connectivity index (χ2n) is 19.5. The molecule has 0 atom stereocenters. The lowest BCUT2D eigenvalue weighted by molar-refractivity contribution is 0.668. The standard InChI is InChI=1S/C67H34N6O3/c68-35-46-58(48-21-13-14-34-70-48)65(71-49-22-7-1-15-37(49)40-28-31-55-59(62(40)71)43-18-4-10-25-52(43)74-55)47(36-69)67(73-51-24-9-3-17-39(51)42-30-33-57-61(64(42)73)45-20-6-12-27-54(45)76-57)66(46)72-50-23-8-2-16-38(50)41-29-32-56-60(63(41)72)44-19-5-11-26-53(44)75-56/h1-34H. The predicted octanol–water partition coefficient (Wildman–Crippen LogP) is 17.5. The number of hydrogen-bond acceptors (Lipinski definition) is 6. The molecule has 0 aliphatic rings. The summed E-state index contributed by atoms with van der Waals surface area (Å²) in [5.74, 6) is 0. The van der Waals surface area contributed by atoms with Gasteiger partial charge in [0, 0.05) is 60.2 Å². The van der Waals surface area contributed by atoms with E-state index in [4.69, 9.17) is 18.2 Å². The van der Waals surface area contributed by atoms with Crippen LogP contribution in [-0.2, 0) is 0 Å². The number of furan rings is 3. The Kier molecular flexibility index (Phi) is 7.96. The number of pyridine rings is 1. The summed E-state index contributed by atoms with van der Waals surface area (Å²) in [6.07, 6.45) is 1.75. The van der Waals surface area contributed by atoms with Crippen LogP contribution in [0.3, 0.4) is 0 Å². The largest absolute Gasteiger partial charge is 0.456 e.